The van der Waals surface area contributed by atoms with Crippen LogP contribution in [0.15, 0.2) is 42.7 Å². The van der Waals surface area contributed by atoms with Crippen molar-refractivity contribution in [2.24, 2.45) is 0 Å². The van der Waals surface area contributed by atoms with E-state index in [9.17, 15) is 4.79 Å². The summed E-state index contributed by atoms with van der Waals surface area (Å²) in [7, 11) is 6.09. The highest BCUT2D eigenvalue weighted by atomic mass is 16.2. The lowest BCUT2D eigenvalue weighted by Crippen LogP contribution is -2.54. The van der Waals surface area contributed by atoms with Gasteiger partial charge >= 0.3 is 6.03 Å². The lowest BCUT2D eigenvalue weighted by Gasteiger charge is -2.48. The Bertz CT molecular complexity index is 828. The summed E-state index contributed by atoms with van der Waals surface area (Å²) in [5.41, 5.74) is 1.92. The molecular weight excluding hydrogens is 352 g/mol. The number of aromatic nitrogens is 2. The number of amides is 2. The first kappa shape index (κ1) is 18.7. The molecular formula is C21H28N6O. The fourth-order valence-corrected chi connectivity index (χ4v) is 4.67. The monoisotopic (exact) mass is 380 g/mol. The molecule has 2 fully saturated rings. The number of urea groups is 1. The fourth-order valence-electron chi connectivity index (χ4n) is 4.67. The van der Waals surface area contributed by atoms with Crippen LogP contribution >= 0.6 is 0 Å². The molecule has 0 radical (unpaired) electrons. The first-order valence-corrected chi connectivity index (χ1v) is 9.81. The minimum absolute atomic E-state index is 0.0161. The van der Waals surface area contributed by atoms with E-state index in [1.807, 2.05) is 0 Å². The molecule has 2 N–H and O–H groups in total. The molecule has 1 saturated heterocycles. The summed E-state index contributed by atoms with van der Waals surface area (Å²) in [5.74, 6) is 0.550. The van der Waals surface area contributed by atoms with Crippen LogP contribution in [0, 0.1) is 0 Å². The predicted octanol–water partition coefficient (Wildman–Crippen LogP) is 2.82. The van der Waals surface area contributed by atoms with E-state index in [-0.39, 0.29) is 17.1 Å². The summed E-state index contributed by atoms with van der Waals surface area (Å²) in [5, 5.41) is 6.17. The maximum Gasteiger partial charge on any atom is 0.322 e. The lowest BCUT2D eigenvalue weighted by molar-refractivity contribution is 0.0658. The minimum Gasteiger partial charge on any atom is -0.357 e. The maximum atomic E-state index is 12.7. The van der Waals surface area contributed by atoms with Gasteiger partial charge in [-0.3, -0.25) is 9.80 Å². The number of rotatable bonds is 4. The van der Waals surface area contributed by atoms with Gasteiger partial charge in [0, 0.05) is 12.6 Å². The summed E-state index contributed by atoms with van der Waals surface area (Å²) in [6.07, 6.45) is 7.30. The van der Waals surface area contributed by atoms with Gasteiger partial charge in [0.15, 0.2) is 0 Å². The molecule has 28 heavy (non-hydrogen) atoms. The molecule has 2 aliphatic rings. The Hall–Kier alpha value is -2.67. The Kier molecular flexibility index (Phi) is 4.71. The standard InChI is InChI=1S/C21H28N6O/c1-22-18-23-13-17(14-24-18)27-15-20(25-19(27)28)9-11-21(12-10-20,26(2)3)16-7-5-4-6-8-16/h4-8,13-14H,9-12,15H2,1-3H3,(H,25,28)(H,22,23,24)/t20-,21+. The number of nitrogens with one attached hydrogen (secondary N) is 2. The average molecular weight is 380 g/mol. The maximum absolute atomic E-state index is 12.7. The van der Waals surface area contributed by atoms with E-state index in [2.05, 4.69) is 69.9 Å². The molecule has 1 aliphatic heterocycles. The quantitative estimate of drug-likeness (QED) is 0.853. The van der Waals surface area contributed by atoms with E-state index in [4.69, 9.17) is 0 Å². The Balaban J connectivity index is 1.53. The third kappa shape index (κ3) is 3.09. The Morgan fingerprint density at radius 1 is 1.07 bits per heavy atom. The summed E-state index contributed by atoms with van der Waals surface area (Å²) >= 11 is 0. The number of benzene rings is 1. The molecule has 1 saturated carbocycles. The molecule has 148 valence electrons. The van der Waals surface area contributed by atoms with Crippen LogP contribution in [0.25, 0.3) is 0 Å². The first-order valence-electron chi connectivity index (χ1n) is 9.81. The molecule has 1 aromatic carbocycles. The number of carbonyl (C=O) groups excluding carboxylic acids is 1. The fraction of sp³-hybridized carbons (Fsp3) is 0.476. The molecule has 1 aromatic heterocycles. The van der Waals surface area contributed by atoms with Crippen molar-refractivity contribution in [2.75, 3.05) is 37.9 Å². The van der Waals surface area contributed by atoms with Crippen LogP contribution in [0.4, 0.5) is 16.4 Å². The van der Waals surface area contributed by atoms with Gasteiger partial charge in [-0.25, -0.2) is 14.8 Å². The van der Waals surface area contributed by atoms with Crippen molar-refractivity contribution >= 4 is 17.7 Å². The molecule has 1 spiro atoms. The minimum atomic E-state index is -0.187. The second kappa shape index (κ2) is 7.05. The second-order valence-corrected chi connectivity index (χ2v) is 8.10. The number of carbonyl (C=O) groups is 1. The van der Waals surface area contributed by atoms with Crippen molar-refractivity contribution in [1.29, 1.82) is 0 Å². The van der Waals surface area contributed by atoms with Gasteiger partial charge in [-0.15, -0.1) is 0 Å². The van der Waals surface area contributed by atoms with Crippen LogP contribution < -0.4 is 15.5 Å². The molecule has 2 aromatic rings. The molecule has 4 rings (SSSR count). The van der Waals surface area contributed by atoms with Gasteiger partial charge in [0.1, 0.15) is 0 Å². The third-order valence-corrected chi connectivity index (χ3v) is 6.45. The zero-order chi connectivity index (χ0) is 19.8. The number of hydrogen-bond acceptors (Lipinski definition) is 5. The zero-order valence-electron chi connectivity index (χ0n) is 16.8. The highest BCUT2D eigenvalue weighted by Gasteiger charge is 2.50. The van der Waals surface area contributed by atoms with Gasteiger partial charge in [-0.2, -0.15) is 0 Å². The van der Waals surface area contributed by atoms with E-state index < -0.39 is 0 Å². The van der Waals surface area contributed by atoms with Gasteiger partial charge in [0.2, 0.25) is 5.95 Å². The van der Waals surface area contributed by atoms with Gasteiger partial charge in [0.05, 0.1) is 30.2 Å². The first-order chi connectivity index (χ1) is 13.5. The topological polar surface area (TPSA) is 73.4 Å². The molecule has 0 atom stereocenters. The van der Waals surface area contributed by atoms with Crippen molar-refractivity contribution in [2.45, 2.75) is 36.8 Å². The van der Waals surface area contributed by atoms with Crippen molar-refractivity contribution in [1.82, 2.24) is 20.2 Å². The molecule has 2 amide bonds. The predicted molar refractivity (Wildman–Crippen MR) is 110 cm³/mol. The summed E-state index contributed by atoms with van der Waals surface area (Å²) < 4.78 is 0. The summed E-state index contributed by atoms with van der Waals surface area (Å²) in [6.45, 7) is 0.659. The van der Waals surface area contributed by atoms with Crippen LogP contribution in [0.2, 0.25) is 0 Å². The van der Waals surface area contributed by atoms with Crippen LogP contribution in [-0.2, 0) is 5.54 Å². The van der Waals surface area contributed by atoms with Crippen molar-refractivity contribution in [3.8, 4) is 0 Å². The summed E-state index contributed by atoms with van der Waals surface area (Å²) in [4.78, 5) is 25.3. The Morgan fingerprint density at radius 3 is 2.29 bits per heavy atom. The van der Waals surface area contributed by atoms with E-state index in [1.165, 1.54) is 5.56 Å². The van der Waals surface area contributed by atoms with E-state index >= 15 is 0 Å². The molecule has 0 unspecified atom stereocenters. The van der Waals surface area contributed by atoms with E-state index in [0.717, 1.165) is 31.4 Å². The average Bonchev–Trinajstić information content (AvgIpc) is 3.05. The van der Waals surface area contributed by atoms with Crippen LogP contribution in [0.1, 0.15) is 31.2 Å². The van der Waals surface area contributed by atoms with Crippen LogP contribution in [-0.4, -0.2) is 54.1 Å². The lowest BCUT2D eigenvalue weighted by atomic mass is 9.69. The molecule has 1 aliphatic carbocycles. The SMILES string of the molecule is CNc1ncc(N2C[C@]3(CC[C@](c4ccccc4)(N(C)C)CC3)NC2=O)cn1. The molecule has 2 heterocycles. The van der Waals surface area contributed by atoms with Gasteiger partial charge in [-0.05, 0) is 45.3 Å². The number of nitrogens with zero attached hydrogens (tertiary/aromatic N) is 4. The normalized spacial score (nSPS) is 27.3. The van der Waals surface area contributed by atoms with E-state index in [0.29, 0.717) is 12.5 Å². The Morgan fingerprint density at radius 2 is 1.71 bits per heavy atom. The van der Waals surface area contributed by atoms with Crippen LogP contribution in [0.3, 0.4) is 0 Å². The largest absolute Gasteiger partial charge is 0.357 e. The smallest absolute Gasteiger partial charge is 0.322 e. The van der Waals surface area contributed by atoms with Crippen molar-refractivity contribution < 1.29 is 4.79 Å². The van der Waals surface area contributed by atoms with Gasteiger partial charge < -0.3 is 10.6 Å². The molecule has 0 bridgehead atoms. The number of hydrogen-bond donors (Lipinski definition) is 2. The summed E-state index contributed by atoms with van der Waals surface area (Å²) in [6, 6.07) is 10.7. The zero-order valence-corrected chi connectivity index (χ0v) is 16.8. The van der Waals surface area contributed by atoms with Crippen molar-refractivity contribution in [3.63, 3.8) is 0 Å². The van der Waals surface area contributed by atoms with E-state index in [1.54, 1.807) is 24.3 Å². The number of anilines is 2. The van der Waals surface area contributed by atoms with Crippen molar-refractivity contribution in [3.05, 3.63) is 48.3 Å². The second-order valence-electron chi connectivity index (χ2n) is 8.10. The Labute approximate surface area is 166 Å². The molecule has 7 nitrogen and oxygen atoms in total. The van der Waals surface area contributed by atoms with Gasteiger partial charge in [0.25, 0.3) is 0 Å². The van der Waals surface area contributed by atoms with Crippen LogP contribution in [0.5, 0.6) is 0 Å². The van der Waals surface area contributed by atoms with Gasteiger partial charge in [-0.1, -0.05) is 30.3 Å². The highest BCUT2D eigenvalue weighted by molar-refractivity contribution is 5.95. The third-order valence-electron chi connectivity index (χ3n) is 6.45. The highest BCUT2D eigenvalue weighted by Crippen LogP contribution is 2.46. The molecule has 7 heteroatoms.